The Balaban J connectivity index is 1.86. The van der Waals surface area contributed by atoms with Crippen LogP contribution in [0, 0.1) is 6.92 Å². The van der Waals surface area contributed by atoms with Crippen molar-refractivity contribution in [1.82, 2.24) is 0 Å². The van der Waals surface area contributed by atoms with Gasteiger partial charge in [0.15, 0.2) is 5.11 Å². The van der Waals surface area contributed by atoms with Crippen LogP contribution in [0.1, 0.15) is 11.1 Å². The maximum absolute atomic E-state index is 13.4. The molecule has 6 heteroatoms. The number of hydrogen-bond donors (Lipinski definition) is 0. The summed E-state index contributed by atoms with van der Waals surface area (Å²) >= 11 is 9.01. The Morgan fingerprint density at radius 3 is 1.87 bits per heavy atom. The molecule has 0 N–H and O–H groups in total. The highest BCUT2D eigenvalue weighted by Gasteiger charge is 2.41. The zero-order valence-corrected chi connectivity index (χ0v) is 18.5. The van der Waals surface area contributed by atoms with E-state index >= 15 is 0 Å². The normalized spacial score (nSPS) is 15.8. The average molecular weight is 477 g/mol. The maximum atomic E-state index is 13.4. The van der Waals surface area contributed by atoms with Crippen LogP contribution in [0.15, 0.2) is 88.9 Å². The van der Waals surface area contributed by atoms with Crippen LogP contribution in [0.5, 0.6) is 0 Å². The molecule has 0 aromatic heterocycles. The second-order valence-corrected chi connectivity index (χ2v) is 8.13. The third-order valence-corrected chi connectivity index (χ3v) is 5.63. The summed E-state index contributed by atoms with van der Waals surface area (Å²) in [5.41, 5.74) is 3.09. The maximum Gasteiger partial charge on any atom is 0.270 e. The number of anilines is 2. The van der Waals surface area contributed by atoms with E-state index in [1.54, 1.807) is 18.2 Å². The second-order valence-electron chi connectivity index (χ2n) is 6.84. The van der Waals surface area contributed by atoms with E-state index < -0.39 is 11.8 Å². The fourth-order valence-corrected chi connectivity index (χ4v) is 3.82. The molecule has 0 saturated carbocycles. The van der Waals surface area contributed by atoms with E-state index in [0.29, 0.717) is 11.4 Å². The Morgan fingerprint density at radius 1 is 0.767 bits per heavy atom. The van der Waals surface area contributed by atoms with Crippen LogP contribution in [0.2, 0.25) is 0 Å². The van der Waals surface area contributed by atoms with Gasteiger partial charge in [0, 0.05) is 4.47 Å². The molecule has 0 atom stereocenters. The third-order valence-electron chi connectivity index (χ3n) is 4.74. The number of para-hydroxylation sites is 1. The first-order chi connectivity index (χ1) is 14.5. The zero-order valence-electron chi connectivity index (χ0n) is 16.1. The van der Waals surface area contributed by atoms with Crippen molar-refractivity contribution in [2.24, 2.45) is 0 Å². The summed E-state index contributed by atoms with van der Waals surface area (Å²) in [6.07, 6.45) is 1.61. The molecule has 0 spiro atoms. The molecule has 1 fully saturated rings. The molecule has 148 valence electrons. The Kier molecular flexibility index (Phi) is 5.61. The summed E-state index contributed by atoms with van der Waals surface area (Å²) in [5.74, 6) is -0.883. The average Bonchev–Trinajstić information content (AvgIpc) is 2.75. The Morgan fingerprint density at radius 2 is 1.30 bits per heavy atom. The van der Waals surface area contributed by atoms with Crippen LogP contribution in [0.25, 0.3) is 6.08 Å². The molecule has 2 amide bonds. The topological polar surface area (TPSA) is 40.6 Å². The van der Waals surface area contributed by atoms with Crippen LogP contribution in [0.3, 0.4) is 0 Å². The predicted molar refractivity (Wildman–Crippen MR) is 127 cm³/mol. The fourth-order valence-electron chi connectivity index (χ4n) is 3.18. The van der Waals surface area contributed by atoms with Crippen molar-refractivity contribution in [3.05, 3.63) is 100 Å². The van der Waals surface area contributed by atoms with Crippen molar-refractivity contribution in [3.63, 3.8) is 0 Å². The Hall–Kier alpha value is -3.09. The van der Waals surface area contributed by atoms with Gasteiger partial charge >= 0.3 is 0 Å². The first kappa shape index (κ1) is 20.2. The van der Waals surface area contributed by atoms with E-state index in [0.717, 1.165) is 15.6 Å². The van der Waals surface area contributed by atoms with E-state index in [2.05, 4.69) is 15.9 Å². The monoisotopic (exact) mass is 476 g/mol. The number of benzene rings is 3. The molecule has 0 radical (unpaired) electrons. The van der Waals surface area contributed by atoms with Gasteiger partial charge in [-0.05, 0) is 67.2 Å². The van der Waals surface area contributed by atoms with Crippen molar-refractivity contribution in [2.75, 3.05) is 9.80 Å². The molecule has 1 heterocycles. The third kappa shape index (κ3) is 3.84. The number of hydrogen-bond acceptors (Lipinski definition) is 3. The summed E-state index contributed by atoms with van der Waals surface area (Å²) < 4.78 is 0.916. The highest BCUT2D eigenvalue weighted by atomic mass is 79.9. The van der Waals surface area contributed by atoms with Gasteiger partial charge in [-0.25, -0.2) is 0 Å². The SMILES string of the molecule is Cc1ccc(N2C(=O)C(=Cc3ccc(Br)cc3)C(=O)N(c3ccccc3)C2=S)cc1. The van der Waals surface area contributed by atoms with Crippen LogP contribution in [-0.4, -0.2) is 16.9 Å². The van der Waals surface area contributed by atoms with Gasteiger partial charge in [0.1, 0.15) is 5.57 Å². The lowest BCUT2D eigenvalue weighted by Gasteiger charge is -2.36. The van der Waals surface area contributed by atoms with Gasteiger partial charge in [-0.1, -0.05) is 64.0 Å². The van der Waals surface area contributed by atoms with Gasteiger partial charge < -0.3 is 0 Å². The molecule has 1 saturated heterocycles. The predicted octanol–water partition coefficient (Wildman–Crippen LogP) is 5.51. The van der Waals surface area contributed by atoms with E-state index in [-0.39, 0.29) is 10.7 Å². The Labute approximate surface area is 188 Å². The molecular formula is C24H17BrN2O2S. The Bertz CT molecular complexity index is 1160. The number of amides is 2. The number of carbonyl (C=O) groups excluding carboxylic acids is 2. The van der Waals surface area contributed by atoms with Crippen LogP contribution in [-0.2, 0) is 9.59 Å². The number of carbonyl (C=O) groups is 2. The van der Waals surface area contributed by atoms with Crippen LogP contribution in [0.4, 0.5) is 11.4 Å². The fraction of sp³-hybridized carbons (Fsp3) is 0.0417. The lowest BCUT2D eigenvalue weighted by atomic mass is 10.0. The largest absolute Gasteiger partial charge is 0.270 e. The van der Waals surface area contributed by atoms with Crippen molar-refractivity contribution >= 4 is 62.5 Å². The van der Waals surface area contributed by atoms with Crippen molar-refractivity contribution < 1.29 is 9.59 Å². The van der Waals surface area contributed by atoms with Crippen molar-refractivity contribution in [1.29, 1.82) is 0 Å². The van der Waals surface area contributed by atoms with Crippen LogP contribution < -0.4 is 9.80 Å². The van der Waals surface area contributed by atoms with Gasteiger partial charge in [0.05, 0.1) is 11.4 Å². The number of aryl methyl sites for hydroxylation is 1. The molecule has 0 unspecified atom stereocenters. The first-order valence-corrected chi connectivity index (χ1v) is 10.5. The minimum atomic E-state index is -0.442. The summed E-state index contributed by atoms with van der Waals surface area (Å²) in [7, 11) is 0. The van der Waals surface area contributed by atoms with Gasteiger partial charge in [-0.2, -0.15) is 0 Å². The molecule has 4 nitrogen and oxygen atoms in total. The van der Waals surface area contributed by atoms with E-state index in [1.807, 2.05) is 73.7 Å². The summed E-state index contributed by atoms with van der Waals surface area (Å²) in [6, 6.07) is 24.0. The molecule has 1 aliphatic heterocycles. The zero-order chi connectivity index (χ0) is 21.3. The summed E-state index contributed by atoms with van der Waals surface area (Å²) in [6.45, 7) is 1.97. The molecule has 0 aliphatic carbocycles. The quantitative estimate of drug-likeness (QED) is 0.284. The summed E-state index contributed by atoms with van der Waals surface area (Å²) in [5, 5.41) is 0.132. The lowest BCUT2D eigenvalue weighted by molar-refractivity contribution is -0.120. The van der Waals surface area contributed by atoms with Crippen molar-refractivity contribution in [2.45, 2.75) is 6.92 Å². The highest BCUT2D eigenvalue weighted by molar-refractivity contribution is 9.10. The van der Waals surface area contributed by atoms with Gasteiger partial charge in [-0.3, -0.25) is 19.4 Å². The van der Waals surface area contributed by atoms with E-state index in [9.17, 15) is 9.59 Å². The van der Waals surface area contributed by atoms with Gasteiger partial charge in [0.25, 0.3) is 11.8 Å². The molecule has 1 aliphatic rings. The number of rotatable bonds is 3. The van der Waals surface area contributed by atoms with E-state index in [4.69, 9.17) is 12.2 Å². The molecule has 30 heavy (non-hydrogen) atoms. The van der Waals surface area contributed by atoms with Crippen LogP contribution >= 0.6 is 28.1 Å². The number of nitrogens with zero attached hydrogens (tertiary/aromatic N) is 2. The standard InChI is InChI=1S/C24H17BrN2O2S/c1-16-7-13-20(14-8-16)27-23(29)21(15-17-9-11-18(25)12-10-17)22(28)26(24(27)30)19-5-3-2-4-6-19/h2-15H,1H3. The minimum absolute atomic E-state index is 0.0513. The molecule has 3 aromatic rings. The molecule has 4 rings (SSSR count). The minimum Gasteiger partial charge on any atom is -0.268 e. The smallest absolute Gasteiger partial charge is 0.268 e. The molecule has 3 aromatic carbocycles. The van der Waals surface area contributed by atoms with Gasteiger partial charge in [0.2, 0.25) is 0 Å². The number of halogens is 1. The number of thiocarbonyl (C=S) groups is 1. The second kappa shape index (κ2) is 8.34. The first-order valence-electron chi connectivity index (χ1n) is 9.27. The summed E-state index contributed by atoms with van der Waals surface area (Å²) in [4.78, 5) is 29.6. The lowest BCUT2D eigenvalue weighted by Crippen LogP contribution is -2.56. The molecular weight excluding hydrogens is 460 g/mol. The van der Waals surface area contributed by atoms with E-state index in [1.165, 1.54) is 9.80 Å². The van der Waals surface area contributed by atoms with Gasteiger partial charge in [-0.15, -0.1) is 0 Å². The highest BCUT2D eigenvalue weighted by Crippen LogP contribution is 2.30. The molecule has 0 bridgehead atoms. The van der Waals surface area contributed by atoms with Crippen molar-refractivity contribution in [3.8, 4) is 0 Å².